The van der Waals surface area contributed by atoms with Gasteiger partial charge >= 0.3 is 0 Å². The van der Waals surface area contributed by atoms with Crippen molar-refractivity contribution in [3.63, 3.8) is 0 Å². The summed E-state index contributed by atoms with van der Waals surface area (Å²) in [4.78, 5) is 0. The number of hydrogen-bond acceptors (Lipinski definition) is 1. The standard InChI is InChI=1S/C11H12O/c1-3-11(2)8-9-6-4-5-7-10(9)12-11/h3-7H,1,8H2,2H3/t11-/m0/s1. The third-order valence-electron chi connectivity index (χ3n) is 2.29. The molecule has 1 atom stereocenters. The second kappa shape index (κ2) is 2.37. The molecule has 0 saturated carbocycles. The Bertz CT molecular complexity index is 290. The molecule has 0 amide bonds. The van der Waals surface area contributed by atoms with Crippen LogP contribution in [0.1, 0.15) is 12.5 Å². The number of ether oxygens (including phenoxy) is 1. The number of fused-ring (bicyclic) bond motifs is 1. The summed E-state index contributed by atoms with van der Waals surface area (Å²) in [5, 5.41) is 0. The van der Waals surface area contributed by atoms with Gasteiger partial charge in [0.2, 0.25) is 0 Å². The molecule has 1 aliphatic heterocycles. The summed E-state index contributed by atoms with van der Waals surface area (Å²) in [6, 6.07) is 8.14. The van der Waals surface area contributed by atoms with Gasteiger partial charge < -0.3 is 4.74 Å². The van der Waals surface area contributed by atoms with Crippen LogP contribution in [-0.2, 0) is 6.42 Å². The molecule has 0 N–H and O–H groups in total. The van der Waals surface area contributed by atoms with E-state index in [-0.39, 0.29) is 5.60 Å². The molecule has 1 nitrogen and oxygen atoms in total. The summed E-state index contributed by atoms with van der Waals surface area (Å²) < 4.78 is 5.73. The first kappa shape index (κ1) is 7.41. The first-order valence-corrected chi connectivity index (χ1v) is 4.14. The van der Waals surface area contributed by atoms with Crippen molar-refractivity contribution >= 4 is 0 Å². The van der Waals surface area contributed by atoms with E-state index in [0.717, 1.165) is 12.2 Å². The van der Waals surface area contributed by atoms with Crippen molar-refractivity contribution in [2.75, 3.05) is 0 Å². The average molecular weight is 160 g/mol. The van der Waals surface area contributed by atoms with E-state index in [1.165, 1.54) is 5.56 Å². The second-order valence-corrected chi connectivity index (χ2v) is 3.40. The molecule has 1 aliphatic rings. The van der Waals surface area contributed by atoms with Gasteiger partial charge in [-0.1, -0.05) is 24.8 Å². The zero-order valence-electron chi connectivity index (χ0n) is 7.21. The van der Waals surface area contributed by atoms with Crippen LogP contribution in [0.25, 0.3) is 0 Å². The van der Waals surface area contributed by atoms with Crippen molar-refractivity contribution in [1.29, 1.82) is 0 Å². The molecule has 1 aromatic rings. The van der Waals surface area contributed by atoms with Gasteiger partial charge in [-0.05, 0) is 24.6 Å². The molecule has 0 aromatic heterocycles. The van der Waals surface area contributed by atoms with E-state index in [4.69, 9.17) is 4.74 Å². The van der Waals surface area contributed by atoms with Crippen LogP contribution in [0.3, 0.4) is 0 Å². The largest absolute Gasteiger partial charge is 0.483 e. The highest BCUT2D eigenvalue weighted by Gasteiger charge is 2.30. The molecular weight excluding hydrogens is 148 g/mol. The third kappa shape index (κ3) is 1.02. The summed E-state index contributed by atoms with van der Waals surface area (Å²) in [5.74, 6) is 1.000. The highest BCUT2D eigenvalue weighted by molar-refractivity contribution is 5.40. The van der Waals surface area contributed by atoms with Gasteiger partial charge in [-0.2, -0.15) is 0 Å². The summed E-state index contributed by atoms with van der Waals surface area (Å²) in [6.07, 6.45) is 2.81. The summed E-state index contributed by atoms with van der Waals surface area (Å²) in [5.41, 5.74) is 1.09. The minimum Gasteiger partial charge on any atom is -0.483 e. The van der Waals surface area contributed by atoms with E-state index < -0.39 is 0 Å². The van der Waals surface area contributed by atoms with E-state index in [9.17, 15) is 0 Å². The summed E-state index contributed by atoms with van der Waals surface area (Å²) in [7, 11) is 0. The predicted molar refractivity (Wildman–Crippen MR) is 49.4 cm³/mol. The Kier molecular flexibility index (Phi) is 1.47. The molecule has 0 radical (unpaired) electrons. The van der Waals surface area contributed by atoms with Gasteiger partial charge in [-0.3, -0.25) is 0 Å². The van der Waals surface area contributed by atoms with Crippen LogP contribution in [0.4, 0.5) is 0 Å². The van der Waals surface area contributed by atoms with Crippen LogP contribution in [0.2, 0.25) is 0 Å². The monoisotopic (exact) mass is 160 g/mol. The lowest BCUT2D eigenvalue weighted by Gasteiger charge is -2.18. The SMILES string of the molecule is C=C[C@@]1(C)Cc2ccccc2O1. The zero-order valence-corrected chi connectivity index (χ0v) is 7.21. The summed E-state index contributed by atoms with van der Waals surface area (Å²) in [6.45, 7) is 5.83. The smallest absolute Gasteiger partial charge is 0.128 e. The molecule has 1 heteroatoms. The molecule has 0 aliphatic carbocycles. The maximum absolute atomic E-state index is 5.73. The van der Waals surface area contributed by atoms with E-state index in [1.54, 1.807) is 0 Å². The third-order valence-corrected chi connectivity index (χ3v) is 2.29. The Morgan fingerprint density at radius 2 is 2.25 bits per heavy atom. The minimum atomic E-state index is -0.191. The Labute approximate surface area is 72.7 Å². The van der Waals surface area contributed by atoms with Gasteiger partial charge in [0.05, 0.1) is 0 Å². The van der Waals surface area contributed by atoms with Crippen molar-refractivity contribution in [2.45, 2.75) is 18.9 Å². The molecular formula is C11H12O. The van der Waals surface area contributed by atoms with Crippen LogP contribution in [0.5, 0.6) is 5.75 Å². The number of para-hydroxylation sites is 1. The molecule has 0 unspecified atom stereocenters. The fraction of sp³-hybridized carbons (Fsp3) is 0.273. The highest BCUT2D eigenvalue weighted by Crippen LogP contribution is 2.34. The van der Waals surface area contributed by atoms with Crippen LogP contribution in [0, 0.1) is 0 Å². The minimum absolute atomic E-state index is 0.191. The van der Waals surface area contributed by atoms with Gasteiger partial charge in [0, 0.05) is 6.42 Å². The second-order valence-electron chi connectivity index (χ2n) is 3.40. The molecule has 0 fully saturated rings. The van der Waals surface area contributed by atoms with Crippen LogP contribution < -0.4 is 4.74 Å². The normalized spacial score (nSPS) is 26.1. The first-order valence-electron chi connectivity index (χ1n) is 4.14. The lowest BCUT2D eigenvalue weighted by atomic mass is 10.00. The Balaban J connectivity index is 2.39. The van der Waals surface area contributed by atoms with Crippen molar-refractivity contribution in [3.8, 4) is 5.75 Å². The molecule has 1 heterocycles. The van der Waals surface area contributed by atoms with E-state index >= 15 is 0 Å². The van der Waals surface area contributed by atoms with Gasteiger partial charge in [0.25, 0.3) is 0 Å². The molecule has 0 spiro atoms. The van der Waals surface area contributed by atoms with Crippen molar-refractivity contribution in [1.82, 2.24) is 0 Å². The molecule has 0 saturated heterocycles. The molecule has 2 rings (SSSR count). The molecule has 12 heavy (non-hydrogen) atoms. The van der Waals surface area contributed by atoms with Gasteiger partial charge in [-0.25, -0.2) is 0 Å². The fourth-order valence-corrected chi connectivity index (χ4v) is 1.53. The maximum atomic E-state index is 5.73. The van der Waals surface area contributed by atoms with Gasteiger partial charge in [-0.15, -0.1) is 0 Å². The quantitative estimate of drug-likeness (QED) is 0.574. The molecule has 1 aromatic carbocycles. The number of hydrogen-bond donors (Lipinski definition) is 0. The van der Waals surface area contributed by atoms with Crippen LogP contribution in [0.15, 0.2) is 36.9 Å². The van der Waals surface area contributed by atoms with Crippen molar-refractivity contribution in [3.05, 3.63) is 42.5 Å². The lowest BCUT2D eigenvalue weighted by Crippen LogP contribution is -2.26. The Morgan fingerprint density at radius 1 is 1.50 bits per heavy atom. The Hall–Kier alpha value is -1.24. The fourth-order valence-electron chi connectivity index (χ4n) is 1.53. The van der Waals surface area contributed by atoms with Gasteiger partial charge in [0.15, 0.2) is 0 Å². The van der Waals surface area contributed by atoms with E-state index in [0.29, 0.717) is 0 Å². The van der Waals surface area contributed by atoms with Crippen molar-refractivity contribution < 1.29 is 4.74 Å². The first-order chi connectivity index (χ1) is 5.73. The summed E-state index contributed by atoms with van der Waals surface area (Å²) >= 11 is 0. The maximum Gasteiger partial charge on any atom is 0.128 e. The molecule has 62 valence electrons. The van der Waals surface area contributed by atoms with E-state index in [2.05, 4.69) is 19.6 Å². The van der Waals surface area contributed by atoms with E-state index in [1.807, 2.05) is 24.3 Å². The zero-order chi connectivity index (χ0) is 8.60. The predicted octanol–water partition coefficient (Wildman–Crippen LogP) is 2.57. The number of rotatable bonds is 1. The van der Waals surface area contributed by atoms with Crippen molar-refractivity contribution in [2.24, 2.45) is 0 Å². The average Bonchev–Trinajstić information content (AvgIpc) is 2.42. The van der Waals surface area contributed by atoms with Crippen LogP contribution in [-0.4, -0.2) is 5.60 Å². The molecule has 0 bridgehead atoms. The highest BCUT2D eigenvalue weighted by atomic mass is 16.5. The van der Waals surface area contributed by atoms with Gasteiger partial charge in [0.1, 0.15) is 11.4 Å². The van der Waals surface area contributed by atoms with Crippen LogP contribution >= 0.6 is 0 Å². The Morgan fingerprint density at radius 3 is 2.92 bits per heavy atom. The topological polar surface area (TPSA) is 9.23 Å². The number of benzene rings is 1. The lowest BCUT2D eigenvalue weighted by molar-refractivity contribution is 0.171.